The van der Waals surface area contributed by atoms with Crippen LogP contribution in [0.1, 0.15) is 25.5 Å². The lowest BCUT2D eigenvalue weighted by Crippen LogP contribution is -2.55. The minimum atomic E-state index is -0.196. The topological polar surface area (TPSA) is 45.6 Å². The summed E-state index contributed by atoms with van der Waals surface area (Å²) < 4.78 is 0. The Morgan fingerprint density at radius 1 is 1.28 bits per heavy atom. The molecule has 1 aromatic rings. The average Bonchev–Trinajstić information content (AvgIpc) is 2.74. The lowest BCUT2D eigenvalue weighted by molar-refractivity contribution is 0.170. The molecule has 0 aromatic heterocycles. The number of allylic oxidation sites excluding steroid dienone is 4. The van der Waals surface area contributed by atoms with Crippen molar-refractivity contribution < 1.29 is 0 Å². The molecular formula is C26H34ClN5. The van der Waals surface area contributed by atoms with E-state index in [-0.39, 0.29) is 6.04 Å². The third-order valence-electron chi connectivity index (χ3n) is 6.21. The van der Waals surface area contributed by atoms with Crippen LogP contribution in [0.3, 0.4) is 0 Å². The molecule has 1 aromatic carbocycles. The van der Waals surface area contributed by atoms with Gasteiger partial charge >= 0.3 is 0 Å². The molecule has 5 nitrogen and oxygen atoms in total. The van der Waals surface area contributed by atoms with Crippen molar-refractivity contribution >= 4 is 17.3 Å². The second kappa shape index (κ2) is 9.80. The SMILES string of the molecule is C=CC(=N)/C(=C(/C)NC1CN(C)C1)C(c1ccc(Cl)cc1)N(C)C1=CN(C)C(=C)C(C)=C1. The van der Waals surface area contributed by atoms with Gasteiger partial charge in [0, 0.05) is 55.4 Å². The molecule has 32 heavy (non-hydrogen) atoms. The predicted octanol–water partition coefficient (Wildman–Crippen LogP) is 4.94. The highest BCUT2D eigenvalue weighted by atomic mass is 35.5. The molecule has 2 N–H and O–H groups in total. The third-order valence-corrected chi connectivity index (χ3v) is 6.46. The Balaban J connectivity index is 2.10. The number of likely N-dealkylation sites (tertiary alicyclic amines) is 1. The second-order valence-electron chi connectivity index (χ2n) is 8.72. The normalized spacial score (nSPS) is 18.8. The number of likely N-dealkylation sites (N-methyl/N-ethyl adjacent to an activating group) is 3. The van der Waals surface area contributed by atoms with Crippen molar-refractivity contribution in [3.63, 3.8) is 0 Å². The summed E-state index contributed by atoms with van der Waals surface area (Å²) in [6, 6.07) is 8.06. The molecule has 1 atom stereocenters. The van der Waals surface area contributed by atoms with E-state index in [0.29, 0.717) is 16.8 Å². The van der Waals surface area contributed by atoms with Crippen molar-refractivity contribution in [2.75, 3.05) is 34.2 Å². The van der Waals surface area contributed by atoms with E-state index in [1.54, 1.807) is 6.08 Å². The zero-order chi connectivity index (χ0) is 23.6. The minimum absolute atomic E-state index is 0.196. The van der Waals surface area contributed by atoms with Gasteiger partial charge in [-0.2, -0.15) is 0 Å². The van der Waals surface area contributed by atoms with Gasteiger partial charge in [-0.3, -0.25) is 0 Å². The van der Waals surface area contributed by atoms with Crippen molar-refractivity contribution in [2.24, 2.45) is 0 Å². The summed E-state index contributed by atoms with van der Waals surface area (Å²) in [7, 11) is 6.19. The highest BCUT2D eigenvalue weighted by Crippen LogP contribution is 2.36. The zero-order valence-electron chi connectivity index (χ0n) is 19.7. The van der Waals surface area contributed by atoms with Gasteiger partial charge in [0.2, 0.25) is 0 Å². The highest BCUT2D eigenvalue weighted by Gasteiger charge is 2.30. The first kappa shape index (κ1) is 23.9. The summed E-state index contributed by atoms with van der Waals surface area (Å²) in [5, 5.41) is 13.1. The van der Waals surface area contributed by atoms with E-state index in [1.165, 1.54) is 0 Å². The molecule has 0 aliphatic carbocycles. The van der Waals surface area contributed by atoms with E-state index in [9.17, 15) is 0 Å². The van der Waals surface area contributed by atoms with Gasteiger partial charge in [-0.1, -0.05) is 36.9 Å². The Morgan fingerprint density at radius 3 is 2.44 bits per heavy atom. The molecule has 0 amide bonds. The fourth-order valence-electron chi connectivity index (χ4n) is 4.31. The number of halogens is 1. The molecule has 0 spiro atoms. The largest absolute Gasteiger partial charge is 0.383 e. The molecule has 6 heteroatoms. The maximum absolute atomic E-state index is 8.79. The van der Waals surface area contributed by atoms with E-state index in [1.807, 2.05) is 36.2 Å². The molecule has 0 saturated carbocycles. The van der Waals surface area contributed by atoms with Gasteiger partial charge in [0.25, 0.3) is 0 Å². The third kappa shape index (κ3) is 5.00. The first-order valence-electron chi connectivity index (χ1n) is 10.8. The van der Waals surface area contributed by atoms with Crippen LogP contribution in [0.2, 0.25) is 5.02 Å². The highest BCUT2D eigenvalue weighted by molar-refractivity contribution is 6.30. The molecule has 1 saturated heterocycles. The Kier molecular flexibility index (Phi) is 7.32. The van der Waals surface area contributed by atoms with Gasteiger partial charge < -0.3 is 25.4 Å². The number of nitrogens with one attached hydrogen (secondary N) is 2. The van der Waals surface area contributed by atoms with E-state index in [0.717, 1.165) is 46.9 Å². The van der Waals surface area contributed by atoms with Crippen LogP contribution in [0.4, 0.5) is 0 Å². The molecule has 0 bridgehead atoms. The number of rotatable bonds is 8. The van der Waals surface area contributed by atoms with Gasteiger partial charge in [-0.15, -0.1) is 0 Å². The van der Waals surface area contributed by atoms with Crippen LogP contribution in [0.15, 0.2) is 84.0 Å². The average molecular weight is 452 g/mol. The van der Waals surface area contributed by atoms with Crippen molar-refractivity contribution in [1.29, 1.82) is 5.41 Å². The fraction of sp³-hybridized carbons (Fsp3) is 0.346. The van der Waals surface area contributed by atoms with Crippen molar-refractivity contribution in [2.45, 2.75) is 25.9 Å². The summed E-state index contributed by atoms with van der Waals surface area (Å²) >= 11 is 6.20. The van der Waals surface area contributed by atoms with Crippen LogP contribution in [0.25, 0.3) is 0 Å². The molecule has 3 rings (SSSR count). The Morgan fingerprint density at radius 2 is 1.91 bits per heavy atom. The summed E-state index contributed by atoms with van der Waals surface area (Å²) in [4.78, 5) is 6.52. The molecule has 0 radical (unpaired) electrons. The molecule has 1 unspecified atom stereocenters. The van der Waals surface area contributed by atoms with Crippen LogP contribution < -0.4 is 5.32 Å². The maximum Gasteiger partial charge on any atom is 0.0830 e. The lowest BCUT2D eigenvalue weighted by atomic mass is 9.91. The van der Waals surface area contributed by atoms with Gasteiger partial charge in [-0.05, 0) is 56.3 Å². The maximum atomic E-state index is 8.79. The summed E-state index contributed by atoms with van der Waals surface area (Å²) in [5.74, 6) is 0. The monoisotopic (exact) mass is 451 g/mol. The number of nitrogens with zero attached hydrogens (tertiary/aromatic N) is 3. The smallest absolute Gasteiger partial charge is 0.0830 e. The molecule has 170 valence electrons. The second-order valence-corrected chi connectivity index (χ2v) is 9.16. The summed E-state index contributed by atoms with van der Waals surface area (Å²) in [6.07, 6.45) is 5.84. The first-order valence-corrected chi connectivity index (χ1v) is 11.2. The summed E-state index contributed by atoms with van der Waals surface area (Å²) in [5.41, 5.74) is 6.50. The molecule has 1 fully saturated rings. The van der Waals surface area contributed by atoms with Crippen LogP contribution in [0.5, 0.6) is 0 Å². The van der Waals surface area contributed by atoms with Crippen LogP contribution in [-0.2, 0) is 0 Å². The Hall–Kier alpha value is -2.76. The van der Waals surface area contributed by atoms with Crippen molar-refractivity contribution in [3.8, 4) is 0 Å². The Bertz CT molecular complexity index is 996. The molecule has 2 heterocycles. The van der Waals surface area contributed by atoms with Gasteiger partial charge in [0.15, 0.2) is 0 Å². The molecular weight excluding hydrogens is 418 g/mol. The molecule has 2 aliphatic heterocycles. The number of hydrogen-bond donors (Lipinski definition) is 2. The lowest BCUT2D eigenvalue weighted by Gasteiger charge is -2.40. The van der Waals surface area contributed by atoms with Gasteiger partial charge in [0.05, 0.1) is 23.5 Å². The number of benzene rings is 1. The van der Waals surface area contributed by atoms with Crippen molar-refractivity contribution in [3.05, 3.63) is 94.6 Å². The van der Waals surface area contributed by atoms with E-state index >= 15 is 0 Å². The molecule has 2 aliphatic rings. The first-order chi connectivity index (χ1) is 15.1. The predicted molar refractivity (Wildman–Crippen MR) is 136 cm³/mol. The zero-order valence-corrected chi connectivity index (χ0v) is 20.5. The van der Waals surface area contributed by atoms with E-state index < -0.39 is 0 Å². The van der Waals surface area contributed by atoms with Crippen molar-refractivity contribution in [1.82, 2.24) is 20.0 Å². The van der Waals surface area contributed by atoms with Gasteiger partial charge in [-0.25, -0.2) is 0 Å². The fourth-order valence-corrected chi connectivity index (χ4v) is 4.43. The van der Waals surface area contributed by atoms with Gasteiger partial charge in [0.1, 0.15) is 0 Å². The minimum Gasteiger partial charge on any atom is -0.383 e. The van der Waals surface area contributed by atoms with E-state index in [2.05, 4.69) is 68.5 Å². The Labute approximate surface area is 197 Å². The quantitative estimate of drug-likeness (QED) is 0.549. The van der Waals surface area contributed by atoms with Crippen LogP contribution in [-0.4, -0.2) is 60.7 Å². The standard InChI is InChI=1S/C26H34ClN5/c1-8-24(28)25(18(3)29-22-14-30(5)15-22)26(20-9-11-21(27)12-10-20)32(7)23-13-17(2)19(4)31(6)16-23/h8-13,16,22,26,28-29H,1,4,14-15H2,2-3,5-7H3/b25-18+,28-24?. The van der Waals surface area contributed by atoms with Crippen LogP contribution in [0, 0.1) is 5.41 Å². The summed E-state index contributed by atoms with van der Waals surface area (Å²) in [6.45, 7) is 14.2. The number of hydrogen-bond acceptors (Lipinski definition) is 5. The van der Waals surface area contributed by atoms with Crippen LogP contribution >= 0.6 is 11.6 Å². The van der Waals surface area contributed by atoms with E-state index in [4.69, 9.17) is 17.0 Å².